The lowest BCUT2D eigenvalue weighted by Gasteiger charge is -2.32. The lowest BCUT2D eigenvalue weighted by atomic mass is 10.0. The number of benzene rings is 1. The number of likely N-dealkylation sites (N-methyl/N-ethyl adjacent to an activating group) is 1. The fraction of sp³-hybridized carbons (Fsp3) is 0.412. The van der Waals surface area contributed by atoms with Crippen LogP contribution in [0.4, 0.5) is 0 Å². The number of hydrogen-bond acceptors (Lipinski definition) is 2. The van der Waals surface area contributed by atoms with Gasteiger partial charge in [-0.25, -0.2) is 0 Å². The Morgan fingerprint density at radius 3 is 2.64 bits per heavy atom. The van der Waals surface area contributed by atoms with E-state index in [4.69, 9.17) is 0 Å². The molecule has 2 heterocycles. The molecular formula is C17H22N3O2+. The minimum atomic E-state index is -0.425. The maximum Gasteiger partial charge on any atom is 0.295 e. The molecule has 1 amide bonds. The van der Waals surface area contributed by atoms with E-state index in [-0.39, 0.29) is 6.04 Å². The molecule has 1 saturated heterocycles. The second-order valence-electron chi connectivity index (χ2n) is 6.18. The number of amides is 1. The predicted molar refractivity (Wildman–Crippen MR) is 85.0 cm³/mol. The Hall–Kier alpha value is -2.14. The van der Waals surface area contributed by atoms with E-state index in [1.54, 1.807) is 18.1 Å². The number of H-pyrrole nitrogens is 1. The molecule has 1 aliphatic rings. The van der Waals surface area contributed by atoms with Crippen molar-refractivity contribution in [1.82, 2.24) is 9.88 Å². The molecule has 3 rings (SSSR count). The number of rotatable bonds is 3. The van der Waals surface area contributed by atoms with Gasteiger partial charge in [-0.15, -0.1) is 0 Å². The van der Waals surface area contributed by atoms with Crippen LogP contribution in [-0.4, -0.2) is 54.8 Å². The summed E-state index contributed by atoms with van der Waals surface area (Å²) in [5.74, 6) is -0.833. The van der Waals surface area contributed by atoms with E-state index in [0.29, 0.717) is 5.56 Å². The number of likely N-dealkylation sites (tertiary alicyclic amines) is 1. The number of nitrogens with one attached hydrogen (secondary N) is 2. The highest BCUT2D eigenvalue weighted by atomic mass is 16.2. The van der Waals surface area contributed by atoms with Gasteiger partial charge in [0.25, 0.3) is 11.7 Å². The highest BCUT2D eigenvalue weighted by molar-refractivity contribution is 6.44. The van der Waals surface area contributed by atoms with E-state index in [9.17, 15) is 9.59 Å². The molecule has 5 nitrogen and oxygen atoms in total. The molecule has 0 bridgehead atoms. The van der Waals surface area contributed by atoms with Crippen LogP contribution in [0.3, 0.4) is 0 Å². The number of piperidine rings is 1. The minimum Gasteiger partial charge on any atom is -0.360 e. The Labute approximate surface area is 129 Å². The van der Waals surface area contributed by atoms with E-state index in [1.165, 1.54) is 4.90 Å². The molecule has 1 aromatic heterocycles. The maximum absolute atomic E-state index is 12.6. The smallest absolute Gasteiger partial charge is 0.295 e. The average Bonchev–Trinajstić information content (AvgIpc) is 2.97. The SMILES string of the molecule is CN(C(=O)C(=O)c1c[nH]c2ccccc12)C1CC[NH+](C)CC1. The molecule has 5 heteroatoms. The fourth-order valence-electron chi connectivity index (χ4n) is 3.18. The third kappa shape index (κ3) is 2.64. The summed E-state index contributed by atoms with van der Waals surface area (Å²) >= 11 is 0. The number of nitrogens with zero attached hydrogens (tertiary/aromatic N) is 1. The molecule has 22 heavy (non-hydrogen) atoms. The van der Waals surface area contributed by atoms with E-state index in [0.717, 1.165) is 36.8 Å². The summed E-state index contributed by atoms with van der Waals surface area (Å²) in [5, 5.41) is 0.807. The summed E-state index contributed by atoms with van der Waals surface area (Å²) in [7, 11) is 3.91. The van der Waals surface area contributed by atoms with Crippen LogP contribution >= 0.6 is 0 Å². The van der Waals surface area contributed by atoms with Gasteiger partial charge in [0.1, 0.15) is 0 Å². The third-order valence-corrected chi connectivity index (χ3v) is 4.70. The molecule has 1 aliphatic heterocycles. The zero-order valence-corrected chi connectivity index (χ0v) is 13.1. The molecule has 2 aromatic rings. The van der Waals surface area contributed by atoms with Gasteiger partial charge in [0.05, 0.1) is 25.7 Å². The topological polar surface area (TPSA) is 57.6 Å². The number of hydrogen-bond donors (Lipinski definition) is 2. The van der Waals surface area contributed by atoms with Gasteiger partial charge in [-0.2, -0.15) is 0 Å². The van der Waals surface area contributed by atoms with Crippen molar-refractivity contribution < 1.29 is 14.5 Å². The van der Waals surface area contributed by atoms with Gasteiger partial charge in [0.15, 0.2) is 0 Å². The fourth-order valence-corrected chi connectivity index (χ4v) is 3.18. The van der Waals surface area contributed by atoms with Crippen molar-refractivity contribution in [2.45, 2.75) is 18.9 Å². The number of carbonyl (C=O) groups is 2. The minimum absolute atomic E-state index is 0.172. The van der Waals surface area contributed by atoms with Crippen LogP contribution in [0, 0.1) is 0 Å². The van der Waals surface area contributed by atoms with E-state index in [1.807, 2.05) is 24.3 Å². The number of fused-ring (bicyclic) bond motifs is 1. The van der Waals surface area contributed by atoms with Crippen molar-refractivity contribution in [3.8, 4) is 0 Å². The predicted octanol–water partition coefficient (Wildman–Crippen LogP) is 0.486. The lowest BCUT2D eigenvalue weighted by molar-refractivity contribution is -0.885. The number of aromatic nitrogens is 1. The van der Waals surface area contributed by atoms with Crippen LogP contribution in [0.25, 0.3) is 10.9 Å². The first kappa shape index (κ1) is 14.8. The number of Topliss-reactive ketones (excluding diaryl/α,β-unsaturated/α-hetero) is 1. The molecule has 0 aliphatic carbocycles. The zero-order chi connectivity index (χ0) is 15.7. The molecule has 0 unspecified atom stereocenters. The Balaban J connectivity index is 1.78. The van der Waals surface area contributed by atoms with Gasteiger partial charge >= 0.3 is 0 Å². The van der Waals surface area contributed by atoms with Gasteiger partial charge < -0.3 is 14.8 Å². The van der Waals surface area contributed by atoms with Crippen molar-refractivity contribution in [1.29, 1.82) is 0 Å². The van der Waals surface area contributed by atoms with Crippen LogP contribution in [0.1, 0.15) is 23.2 Å². The number of aromatic amines is 1. The molecule has 0 saturated carbocycles. The second-order valence-corrected chi connectivity index (χ2v) is 6.18. The molecule has 116 valence electrons. The first-order valence-electron chi connectivity index (χ1n) is 7.77. The van der Waals surface area contributed by atoms with Crippen molar-refractivity contribution in [2.24, 2.45) is 0 Å². The largest absolute Gasteiger partial charge is 0.360 e. The normalized spacial score (nSPS) is 21.7. The quantitative estimate of drug-likeness (QED) is 0.640. The lowest BCUT2D eigenvalue weighted by Crippen LogP contribution is -3.10. The van der Waals surface area contributed by atoms with Gasteiger partial charge in [-0.1, -0.05) is 18.2 Å². The van der Waals surface area contributed by atoms with Crippen molar-refractivity contribution >= 4 is 22.6 Å². The number of ketones is 1. The Morgan fingerprint density at radius 2 is 1.91 bits per heavy atom. The van der Waals surface area contributed by atoms with Crippen LogP contribution < -0.4 is 4.90 Å². The molecule has 0 radical (unpaired) electrons. The van der Waals surface area contributed by atoms with E-state index >= 15 is 0 Å². The van der Waals surface area contributed by atoms with Crippen LogP contribution in [0.15, 0.2) is 30.5 Å². The monoisotopic (exact) mass is 300 g/mol. The van der Waals surface area contributed by atoms with Crippen molar-refractivity contribution in [3.05, 3.63) is 36.0 Å². The third-order valence-electron chi connectivity index (χ3n) is 4.70. The summed E-state index contributed by atoms with van der Waals surface area (Å²) in [4.78, 5) is 31.2. The standard InChI is InChI=1S/C17H21N3O2/c1-19-9-7-12(8-10-19)20(2)17(22)16(21)14-11-18-15-6-4-3-5-13(14)15/h3-6,11-12,18H,7-10H2,1-2H3/p+1. The van der Waals surface area contributed by atoms with Crippen molar-refractivity contribution in [3.63, 3.8) is 0 Å². The van der Waals surface area contributed by atoms with Crippen LogP contribution in [-0.2, 0) is 4.79 Å². The molecule has 0 spiro atoms. The summed E-state index contributed by atoms with van der Waals surface area (Å²) in [6.07, 6.45) is 3.54. The summed E-state index contributed by atoms with van der Waals surface area (Å²) in [6.45, 7) is 2.09. The summed E-state index contributed by atoms with van der Waals surface area (Å²) < 4.78 is 0. The first-order valence-corrected chi connectivity index (χ1v) is 7.77. The number of carbonyl (C=O) groups excluding carboxylic acids is 2. The molecule has 0 atom stereocenters. The van der Waals surface area contributed by atoms with E-state index in [2.05, 4.69) is 12.0 Å². The Morgan fingerprint density at radius 1 is 1.23 bits per heavy atom. The van der Waals surface area contributed by atoms with Gasteiger partial charge in [0, 0.05) is 43.0 Å². The zero-order valence-electron chi connectivity index (χ0n) is 13.1. The first-order chi connectivity index (χ1) is 10.6. The Kier molecular flexibility index (Phi) is 3.98. The molecule has 1 aromatic carbocycles. The van der Waals surface area contributed by atoms with E-state index < -0.39 is 11.7 Å². The highest BCUT2D eigenvalue weighted by Gasteiger charge is 2.30. The van der Waals surface area contributed by atoms with Crippen molar-refractivity contribution in [2.75, 3.05) is 27.2 Å². The van der Waals surface area contributed by atoms with Gasteiger partial charge in [-0.05, 0) is 6.07 Å². The second kappa shape index (κ2) is 5.93. The average molecular weight is 300 g/mol. The maximum atomic E-state index is 12.6. The van der Waals surface area contributed by atoms with Gasteiger partial charge in [0.2, 0.25) is 0 Å². The molecule has 1 fully saturated rings. The number of para-hydroxylation sites is 1. The summed E-state index contributed by atoms with van der Waals surface area (Å²) in [5.41, 5.74) is 1.34. The molecule has 2 N–H and O–H groups in total. The van der Waals surface area contributed by atoms with Gasteiger partial charge in [-0.3, -0.25) is 9.59 Å². The Bertz CT molecular complexity index is 699. The van der Waals surface area contributed by atoms with Crippen LogP contribution in [0.2, 0.25) is 0 Å². The highest BCUT2D eigenvalue weighted by Crippen LogP contribution is 2.19. The number of quaternary nitrogens is 1. The summed E-state index contributed by atoms with van der Waals surface area (Å²) in [6, 6.07) is 7.72. The molecular weight excluding hydrogens is 278 g/mol. The van der Waals surface area contributed by atoms with Crippen LogP contribution in [0.5, 0.6) is 0 Å².